The summed E-state index contributed by atoms with van der Waals surface area (Å²) in [4.78, 5) is 11.8. The molecule has 3 nitrogen and oxygen atoms in total. The molecule has 1 amide bonds. The van der Waals surface area contributed by atoms with Crippen LogP contribution in [0.15, 0.2) is 30.3 Å². The van der Waals surface area contributed by atoms with Crippen molar-refractivity contribution in [2.24, 2.45) is 5.73 Å². The quantitative estimate of drug-likeness (QED) is 0.798. The van der Waals surface area contributed by atoms with E-state index in [1.165, 1.54) is 0 Å². The van der Waals surface area contributed by atoms with Crippen LogP contribution in [0.5, 0.6) is 0 Å². The largest absolute Gasteiger partial charge is 0.350 e. The van der Waals surface area contributed by atoms with Gasteiger partial charge in [-0.25, -0.2) is 0 Å². The summed E-state index contributed by atoms with van der Waals surface area (Å²) in [6.07, 6.45) is 2.73. The van der Waals surface area contributed by atoms with Gasteiger partial charge in [0.25, 0.3) is 0 Å². The van der Waals surface area contributed by atoms with Gasteiger partial charge in [0, 0.05) is 5.54 Å². The van der Waals surface area contributed by atoms with Gasteiger partial charge < -0.3 is 11.1 Å². The molecule has 0 aliphatic heterocycles. The Labute approximate surface area is 96.0 Å². The van der Waals surface area contributed by atoms with E-state index in [9.17, 15) is 4.79 Å². The fourth-order valence-electron chi connectivity index (χ4n) is 1.66. The van der Waals surface area contributed by atoms with E-state index in [1.807, 2.05) is 30.3 Å². The van der Waals surface area contributed by atoms with Crippen LogP contribution < -0.4 is 11.1 Å². The Bertz CT molecular complexity index is 371. The molecule has 1 atom stereocenters. The Hall–Kier alpha value is -1.35. The molecular formula is C13H18N2O. The van der Waals surface area contributed by atoms with Crippen molar-refractivity contribution in [2.75, 3.05) is 0 Å². The van der Waals surface area contributed by atoms with Crippen LogP contribution in [0.3, 0.4) is 0 Å². The number of benzene rings is 1. The van der Waals surface area contributed by atoms with Gasteiger partial charge in [0.15, 0.2) is 0 Å². The summed E-state index contributed by atoms with van der Waals surface area (Å²) < 4.78 is 0. The van der Waals surface area contributed by atoms with Gasteiger partial charge in [0.05, 0.1) is 6.04 Å². The lowest BCUT2D eigenvalue weighted by atomic mass is 10.1. The lowest BCUT2D eigenvalue weighted by molar-refractivity contribution is -0.123. The van der Waals surface area contributed by atoms with Crippen LogP contribution in [0.4, 0.5) is 0 Å². The van der Waals surface area contributed by atoms with E-state index < -0.39 is 6.04 Å². The molecule has 0 spiro atoms. The van der Waals surface area contributed by atoms with Gasteiger partial charge in [-0.1, -0.05) is 30.3 Å². The van der Waals surface area contributed by atoms with E-state index >= 15 is 0 Å². The predicted octanol–water partition coefficient (Wildman–Crippen LogP) is 1.23. The summed E-state index contributed by atoms with van der Waals surface area (Å²) in [6.45, 7) is 2.06. The second-order valence-electron chi connectivity index (χ2n) is 4.85. The Morgan fingerprint density at radius 1 is 1.44 bits per heavy atom. The third-order valence-corrected chi connectivity index (χ3v) is 3.06. The minimum absolute atomic E-state index is 0.0192. The van der Waals surface area contributed by atoms with Crippen LogP contribution in [0.25, 0.3) is 0 Å². The molecule has 1 aromatic carbocycles. The van der Waals surface area contributed by atoms with Gasteiger partial charge in [-0.3, -0.25) is 4.79 Å². The van der Waals surface area contributed by atoms with E-state index in [2.05, 4.69) is 12.2 Å². The van der Waals surface area contributed by atoms with E-state index in [0.29, 0.717) is 6.42 Å². The first kappa shape index (κ1) is 11.1. The minimum atomic E-state index is -0.445. The number of rotatable bonds is 4. The Kier molecular flexibility index (Phi) is 2.97. The first-order valence-corrected chi connectivity index (χ1v) is 5.71. The zero-order chi connectivity index (χ0) is 11.6. The first-order chi connectivity index (χ1) is 7.59. The number of carbonyl (C=O) groups is 1. The molecule has 1 fully saturated rings. The summed E-state index contributed by atoms with van der Waals surface area (Å²) in [7, 11) is 0. The molecular weight excluding hydrogens is 200 g/mol. The highest BCUT2D eigenvalue weighted by molar-refractivity contribution is 5.82. The van der Waals surface area contributed by atoms with Crippen LogP contribution in [-0.2, 0) is 11.2 Å². The van der Waals surface area contributed by atoms with Crippen molar-refractivity contribution in [2.45, 2.75) is 37.8 Å². The maximum Gasteiger partial charge on any atom is 0.237 e. The van der Waals surface area contributed by atoms with Crippen LogP contribution in [0, 0.1) is 0 Å². The molecule has 3 N–H and O–H groups in total. The van der Waals surface area contributed by atoms with Crippen LogP contribution in [0.2, 0.25) is 0 Å². The monoisotopic (exact) mass is 218 g/mol. The van der Waals surface area contributed by atoms with Crippen LogP contribution in [0.1, 0.15) is 25.3 Å². The number of hydrogen-bond acceptors (Lipinski definition) is 2. The van der Waals surface area contributed by atoms with Crippen molar-refractivity contribution in [1.29, 1.82) is 0 Å². The van der Waals surface area contributed by atoms with Crippen molar-refractivity contribution >= 4 is 5.91 Å². The standard InChI is InChI=1S/C13H18N2O/c1-13(7-8-13)15-12(16)11(14)9-10-5-3-2-4-6-10/h2-6,11H,7-9,14H2,1H3,(H,15,16)/t11-/m0/s1. The maximum absolute atomic E-state index is 11.8. The third kappa shape index (κ3) is 2.83. The summed E-state index contributed by atoms with van der Waals surface area (Å²) in [5.41, 5.74) is 6.99. The second kappa shape index (κ2) is 4.26. The summed E-state index contributed by atoms with van der Waals surface area (Å²) >= 11 is 0. The molecule has 0 saturated heterocycles. The molecule has 86 valence electrons. The highest BCUT2D eigenvalue weighted by Gasteiger charge is 2.39. The Morgan fingerprint density at radius 3 is 2.62 bits per heavy atom. The molecule has 0 radical (unpaired) electrons. The highest BCUT2D eigenvalue weighted by Crippen LogP contribution is 2.34. The average Bonchev–Trinajstić information content (AvgIpc) is 2.97. The van der Waals surface area contributed by atoms with Crippen molar-refractivity contribution in [3.8, 4) is 0 Å². The zero-order valence-corrected chi connectivity index (χ0v) is 9.57. The molecule has 1 aliphatic carbocycles. The number of nitrogens with two attached hydrogens (primary N) is 1. The van der Waals surface area contributed by atoms with Crippen molar-refractivity contribution < 1.29 is 4.79 Å². The molecule has 0 bridgehead atoms. The Balaban J connectivity index is 1.88. The van der Waals surface area contributed by atoms with Crippen LogP contribution >= 0.6 is 0 Å². The maximum atomic E-state index is 11.8. The van der Waals surface area contributed by atoms with Gasteiger partial charge in [-0.2, -0.15) is 0 Å². The van der Waals surface area contributed by atoms with E-state index in [4.69, 9.17) is 5.73 Å². The van der Waals surface area contributed by atoms with Gasteiger partial charge in [0.1, 0.15) is 0 Å². The number of hydrogen-bond donors (Lipinski definition) is 2. The average molecular weight is 218 g/mol. The van der Waals surface area contributed by atoms with Crippen molar-refractivity contribution in [1.82, 2.24) is 5.32 Å². The van der Waals surface area contributed by atoms with E-state index in [0.717, 1.165) is 18.4 Å². The highest BCUT2D eigenvalue weighted by atomic mass is 16.2. The lowest BCUT2D eigenvalue weighted by Gasteiger charge is -2.16. The summed E-state index contributed by atoms with van der Waals surface area (Å²) in [5, 5.41) is 2.99. The molecule has 0 unspecified atom stereocenters. The molecule has 16 heavy (non-hydrogen) atoms. The van der Waals surface area contributed by atoms with Crippen LogP contribution in [-0.4, -0.2) is 17.5 Å². The predicted molar refractivity (Wildman–Crippen MR) is 63.9 cm³/mol. The number of carbonyl (C=O) groups excluding carboxylic acids is 1. The first-order valence-electron chi connectivity index (χ1n) is 5.71. The van der Waals surface area contributed by atoms with Crippen molar-refractivity contribution in [3.63, 3.8) is 0 Å². The SMILES string of the molecule is CC1(NC(=O)[C@@H](N)Cc2ccccc2)CC1. The minimum Gasteiger partial charge on any atom is -0.350 e. The second-order valence-corrected chi connectivity index (χ2v) is 4.85. The lowest BCUT2D eigenvalue weighted by Crippen LogP contribution is -2.46. The number of nitrogens with one attached hydrogen (secondary N) is 1. The molecule has 1 aliphatic rings. The smallest absolute Gasteiger partial charge is 0.237 e. The third-order valence-electron chi connectivity index (χ3n) is 3.06. The van der Waals surface area contributed by atoms with E-state index in [-0.39, 0.29) is 11.4 Å². The molecule has 0 aromatic heterocycles. The van der Waals surface area contributed by atoms with E-state index in [1.54, 1.807) is 0 Å². The number of amides is 1. The summed E-state index contributed by atoms with van der Waals surface area (Å²) in [6, 6.07) is 9.42. The molecule has 0 heterocycles. The van der Waals surface area contributed by atoms with Gasteiger partial charge in [-0.15, -0.1) is 0 Å². The Morgan fingerprint density at radius 2 is 2.06 bits per heavy atom. The van der Waals surface area contributed by atoms with Gasteiger partial charge in [-0.05, 0) is 31.7 Å². The zero-order valence-electron chi connectivity index (χ0n) is 9.57. The van der Waals surface area contributed by atoms with Gasteiger partial charge >= 0.3 is 0 Å². The normalized spacial score (nSPS) is 18.9. The fraction of sp³-hybridized carbons (Fsp3) is 0.462. The summed E-state index contributed by atoms with van der Waals surface area (Å²) in [5.74, 6) is -0.0381. The van der Waals surface area contributed by atoms with Crippen molar-refractivity contribution in [3.05, 3.63) is 35.9 Å². The molecule has 3 heteroatoms. The molecule has 2 rings (SSSR count). The fourth-order valence-corrected chi connectivity index (χ4v) is 1.66. The molecule has 1 saturated carbocycles. The molecule has 1 aromatic rings. The topological polar surface area (TPSA) is 55.1 Å². The van der Waals surface area contributed by atoms with Gasteiger partial charge in [0.2, 0.25) is 5.91 Å².